The molecule has 5 nitrogen and oxygen atoms in total. The lowest BCUT2D eigenvalue weighted by Crippen LogP contribution is -2.46. The van der Waals surface area contributed by atoms with Crippen LogP contribution in [-0.2, 0) is 9.59 Å². The molecule has 0 aromatic rings. The summed E-state index contributed by atoms with van der Waals surface area (Å²) < 4.78 is 37.6. The Hall–Kier alpha value is -1.57. The lowest BCUT2D eigenvalue weighted by molar-refractivity contribution is -0.165. The molecule has 0 saturated carbocycles. The first-order chi connectivity index (χ1) is 9.10. The maximum atomic E-state index is 12.5. The van der Waals surface area contributed by atoms with Crippen LogP contribution in [0.25, 0.3) is 0 Å². The molecule has 1 aliphatic rings. The van der Waals surface area contributed by atoms with Crippen molar-refractivity contribution in [2.75, 3.05) is 27.2 Å². The van der Waals surface area contributed by atoms with Crippen LogP contribution in [-0.4, -0.2) is 61.0 Å². The molecule has 1 aliphatic carbocycles. The first-order valence-electron chi connectivity index (χ1n) is 6.09. The van der Waals surface area contributed by atoms with Crippen molar-refractivity contribution >= 4 is 11.8 Å². The fourth-order valence-electron chi connectivity index (χ4n) is 1.88. The zero-order valence-electron chi connectivity index (χ0n) is 11.4. The number of hydrogen-bond donors (Lipinski definition) is 1. The summed E-state index contributed by atoms with van der Waals surface area (Å²) in [5.41, 5.74) is 5.58. The summed E-state index contributed by atoms with van der Waals surface area (Å²) in [6, 6.07) is -0.332. The molecule has 0 aromatic heterocycles. The van der Waals surface area contributed by atoms with Crippen LogP contribution < -0.4 is 5.73 Å². The molecular formula is C12H18F3N3O2. The average Bonchev–Trinajstić information content (AvgIpc) is 2.72. The average molecular weight is 293 g/mol. The molecule has 0 saturated heterocycles. The monoisotopic (exact) mass is 293 g/mol. The van der Waals surface area contributed by atoms with Gasteiger partial charge in [0.25, 0.3) is 0 Å². The van der Waals surface area contributed by atoms with Crippen LogP contribution in [0.3, 0.4) is 0 Å². The number of amides is 2. The highest BCUT2D eigenvalue weighted by Crippen LogP contribution is 2.22. The van der Waals surface area contributed by atoms with Crippen molar-refractivity contribution in [1.29, 1.82) is 0 Å². The minimum Gasteiger partial charge on any atom is -0.347 e. The third-order valence-corrected chi connectivity index (χ3v) is 2.94. The van der Waals surface area contributed by atoms with E-state index < -0.39 is 37.0 Å². The summed E-state index contributed by atoms with van der Waals surface area (Å²) in [5.74, 6) is -1.97. The smallest absolute Gasteiger partial charge is 0.347 e. The number of likely N-dealkylation sites (N-methyl/N-ethyl adjacent to an activating group) is 1. The van der Waals surface area contributed by atoms with Gasteiger partial charge in [0.2, 0.25) is 11.8 Å². The van der Waals surface area contributed by atoms with Gasteiger partial charge in [0.15, 0.2) is 0 Å². The van der Waals surface area contributed by atoms with Gasteiger partial charge in [0.05, 0.1) is 5.92 Å². The lowest BCUT2D eigenvalue weighted by atomic mass is 10.1. The summed E-state index contributed by atoms with van der Waals surface area (Å²) in [6.07, 6.45) is -1.20. The fraction of sp³-hybridized carbons (Fsp3) is 0.667. The van der Waals surface area contributed by atoms with Gasteiger partial charge in [-0.25, -0.2) is 0 Å². The van der Waals surface area contributed by atoms with E-state index in [9.17, 15) is 22.8 Å². The number of carbonyl (C=O) groups excluding carboxylic acids is 2. The van der Waals surface area contributed by atoms with E-state index in [2.05, 4.69) is 0 Å². The molecule has 8 heteroatoms. The van der Waals surface area contributed by atoms with Crippen molar-refractivity contribution < 1.29 is 22.8 Å². The molecule has 2 N–H and O–H groups in total. The first kappa shape index (κ1) is 16.5. The van der Waals surface area contributed by atoms with Crippen molar-refractivity contribution in [3.05, 3.63) is 12.2 Å². The summed E-state index contributed by atoms with van der Waals surface area (Å²) >= 11 is 0. The van der Waals surface area contributed by atoms with Crippen LogP contribution in [0.1, 0.15) is 6.42 Å². The standard InChI is InChI=1S/C12H18F3N3O2/c1-17(2)10(19)6-18(7-12(13,14)15)11(20)8-3-4-9(16)5-8/h3-4,8-9H,5-7,16H2,1-2H3. The second-order valence-corrected chi connectivity index (χ2v) is 4.99. The fourth-order valence-corrected chi connectivity index (χ4v) is 1.88. The zero-order chi connectivity index (χ0) is 15.5. The Bertz CT molecular complexity index is 407. The van der Waals surface area contributed by atoms with Crippen LogP contribution in [0.2, 0.25) is 0 Å². The Morgan fingerprint density at radius 2 is 1.90 bits per heavy atom. The number of halogens is 3. The topological polar surface area (TPSA) is 66.6 Å². The van der Waals surface area contributed by atoms with Crippen molar-refractivity contribution in [1.82, 2.24) is 9.80 Å². The molecule has 0 fully saturated rings. The van der Waals surface area contributed by atoms with Gasteiger partial charge in [-0.3, -0.25) is 9.59 Å². The highest BCUT2D eigenvalue weighted by molar-refractivity contribution is 5.87. The molecule has 0 bridgehead atoms. The Kier molecular flexibility index (Phi) is 5.15. The maximum absolute atomic E-state index is 12.5. The highest BCUT2D eigenvalue weighted by atomic mass is 19.4. The number of rotatable bonds is 4. The van der Waals surface area contributed by atoms with Crippen LogP contribution in [0.5, 0.6) is 0 Å². The largest absolute Gasteiger partial charge is 0.406 e. The molecule has 0 radical (unpaired) electrons. The number of hydrogen-bond acceptors (Lipinski definition) is 3. The summed E-state index contributed by atoms with van der Waals surface area (Å²) in [4.78, 5) is 25.3. The zero-order valence-corrected chi connectivity index (χ0v) is 11.4. The van der Waals surface area contributed by atoms with Crippen LogP contribution in [0, 0.1) is 5.92 Å². The van der Waals surface area contributed by atoms with E-state index in [-0.39, 0.29) is 12.5 Å². The van der Waals surface area contributed by atoms with E-state index in [4.69, 9.17) is 5.73 Å². The van der Waals surface area contributed by atoms with Crippen molar-refractivity contribution in [3.63, 3.8) is 0 Å². The lowest BCUT2D eigenvalue weighted by Gasteiger charge is -2.27. The minimum atomic E-state index is -4.55. The highest BCUT2D eigenvalue weighted by Gasteiger charge is 2.37. The van der Waals surface area contributed by atoms with Crippen molar-refractivity contribution in [2.45, 2.75) is 18.6 Å². The van der Waals surface area contributed by atoms with Gasteiger partial charge in [-0.2, -0.15) is 13.2 Å². The molecule has 0 heterocycles. The van der Waals surface area contributed by atoms with E-state index >= 15 is 0 Å². The van der Waals surface area contributed by atoms with Crippen LogP contribution in [0.15, 0.2) is 12.2 Å². The van der Waals surface area contributed by atoms with Gasteiger partial charge in [-0.05, 0) is 6.42 Å². The predicted molar refractivity (Wildman–Crippen MR) is 66.6 cm³/mol. The third-order valence-electron chi connectivity index (χ3n) is 2.94. The molecule has 20 heavy (non-hydrogen) atoms. The van der Waals surface area contributed by atoms with Crippen LogP contribution in [0.4, 0.5) is 13.2 Å². The van der Waals surface area contributed by atoms with Gasteiger partial charge in [-0.15, -0.1) is 0 Å². The second kappa shape index (κ2) is 6.25. The molecule has 2 unspecified atom stereocenters. The second-order valence-electron chi connectivity index (χ2n) is 4.99. The van der Waals surface area contributed by atoms with E-state index in [1.165, 1.54) is 20.2 Å². The van der Waals surface area contributed by atoms with Crippen LogP contribution >= 0.6 is 0 Å². The molecule has 0 aliphatic heterocycles. The molecule has 0 aromatic carbocycles. The molecule has 1 rings (SSSR count). The van der Waals surface area contributed by atoms with E-state index in [0.717, 1.165) is 4.90 Å². The van der Waals surface area contributed by atoms with Crippen molar-refractivity contribution in [3.8, 4) is 0 Å². The Balaban J connectivity index is 2.79. The van der Waals surface area contributed by atoms with Gasteiger partial charge in [-0.1, -0.05) is 12.2 Å². The Labute approximate surface area is 115 Å². The molecule has 114 valence electrons. The number of nitrogens with two attached hydrogens (primary N) is 1. The van der Waals surface area contributed by atoms with Gasteiger partial charge in [0.1, 0.15) is 13.1 Å². The van der Waals surface area contributed by atoms with Gasteiger partial charge in [0, 0.05) is 20.1 Å². The summed E-state index contributed by atoms with van der Waals surface area (Å²) in [6.45, 7) is -2.03. The third kappa shape index (κ3) is 4.84. The summed E-state index contributed by atoms with van der Waals surface area (Å²) in [7, 11) is 2.84. The molecule has 2 amide bonds. The van der Waals surface area contributed by atoms with Crippen molar-refractivity contribution in [2.24, 2.45) is 11.7 Å². The van der Waals surface area contributed by atoms with Gasteiger partial charge >= 0.3 is 6.18 Å². The first-order valence-corrected chi connectivity index (χ1v) is 6.09. The number of alkyl halides is 3. The Morgan fingerprint density at radius 3 is 2.30 bits per heavy atom. The number of nitrogens with zero attached hydrogens (tertiary/aromatic N) is 2. The SMILES string of the molecule is CN(C)C(=O)CN(CC(F)(F)F)C(=O)C1C=CC(N)C1. The number of carbonyl (C=O) groups is 2. The molecule has 0 spiro atoms. The summed E-state index contributed by atoms with van der Waals surface area (Å²) in [5, 5.41) is 0. The molecular weight excluding hydrogens is 275 g/mol. The Morgan fingerprint density at radius 1 is 1.30 bits per heavy atom. The van der Waals surface area contributed by atoms with E-state index in [0.29, 0.717) is 4.90 Å². The van der Waals surface area contributed by atoms with Gasteiger partial charge < -0.3 is 15.5 Å². The van der Waals surface area contributed by atoms with E-state index in [1.807, 2.05) is 0 Å². The van der Waals surface area contributed by atoms with E-state index in [1.54, 1.807) is 6.08 Å². The maximum Gasteiger partial charge on any atom is 0.406 e. The predicted octanol–water partition coefficient (Wildman–Crippen LogP) is 0.369. The molecule has 2 atom stereocenters. The minimum absolute atomic E-state index is 0.267. The normalized spacial score (nSPS) is 21.9. The quantitative estimate of drug-likeness (QED) is 0.762.